The standard InChI is InChI=1S/C22H19FN4O3S/c23-18-10-4-5-11-19(18)24-21(28)15-31-22-26-25-20(14-30-16-7-2-1-3-8-16)27(22)13-17-9-6-12-29-17/h1-12H,13-15H2,(H,24,28). The van der Waals surface area contributed by atoms with Crippen molar-refractivity contribution in [2.45, 2.75) is 18.3 Å². The molecule has 31 heavy (non-hydrogen) atoms. The molecule has 0 aliphatic rings. The van der Waals surface area contributed by atoms with E-state index in [1.807, 2.05) is 41.0 Å². The van der Waals surface area contributed by atoms with Gasteiger partial charge in [0, 0.05) is 0 Å². The molecule has 0 bridgehead atoms. The van der Waals surface area contributed by atoms with Crippen LogP contribution in [0.2, 0.25) is 0 Å². The van der Waals surface area contributed by atoms with Gasteiger partial charge in [0.2, 0.25) is 5.91 Å². The van der Waals surface area contributed by atoms with Crippen molar-refractivity contribution >= 4 is 23.4 Å². The Kier molecular flexibility index (Phi) is 6.63. The summed E-state index contributed by atoms with van der Waals surface area (Å²) in [5.74, 6) is 1.25. The molecular weight excluding hydrogens is 419 g/mol. The zero-order valence-corrected chi connectivity index (χ0v) is 17.2. The second-order valence-corrected chi connectivity index (χ2v) is 7.43. The molecule has 2 aromatic heterocycles. The molecule has 0 unspecified atom stereocenters. The van der Waals surface area contributed by atoms with Crippen LogP contribution in [0.1, 0.15) is 11.6 Å². The van der Waals surface area contributed by atoms with Crippen LogP contribution in [0.25, 0.3) is 0 Å². The molecule has 1 amide bonds. The van der Waals surface area contributed by atoms with Crippen LogP contribution in [0.15, 0.2) is 82.6 Å². The van der Waals surface area contributed by atoms with E-state index in [9.17, 15) is 9.18 Å². The topological polar surface area (TPSA) is 82.2 Å². The van der Waals surface area contributed by atoms with E-state index >= 15 is 0 Å². The number of hydrogen-bond acceptors (Lipinski definition) is 6. The maximum atomic E-state index is 13.7. The van der Waals surface area contributed by atoms with Gasteiger partial charge >= 0.3 is 0 Å². The van der Waals surface area contributed by atoms with Gasteiger partial charge in [0.05, 0.1) is 24.2 Å². The van der Waals surface area contributed by atoms with Crippen LogP contribution in [-0.2, 0) is 17.9 Å². The van der Waals surface area contributed by atoms with Crippen LogP contribution < -0.4 is 10.1 Å². The molecule has 0 radical (unpaired) electrons. The number of aromatic nitrogens is 3. The van der Waals surface area contributed by atoms with Gasteiger partial charge in [-0.3, -0.25) is 9.36 Å². The van der Waals surface area contributed by atoms with Gasteiger partial charge in [-0.25, -0.2) is 4.39 Å². The zero-order valence-electron chi connectivity index (χ0n) is 16.4. The summed E-state index contributed by atoms with van der Waals surface area (Å²) in [4.78, 5) is 12.3. The van der Waals surface area contributed by atoms with Crippen LogP contribution in [0, 0.1) is 5.82 Å². The summed E-state index contributed by atoms with van der Waals surface area (Å²) in [6.45, 7) is 0.602. The molecule has 0 fully saturated rings. The minimum atomic E-state index is -0.484. The Balaban J connectivity index is 1.45. The zero-order chi connectivity index (χ0) is 21.5. The molecule has 1 N–H and O–H groups in total. The van der Waals surface area contributed by atoms with Crippen molar-refractivity contribution in [3.63, 3.8) is 0 Å². The Morgan fingerprint density at radius 1 is 1.06 bits per heavy atom. The van der Waals surface area contributed by atoms with Gasteiger partial charge in [-0.1, -0.05) is 42.1 Å². The number of halogens is 1. The fourth-order valence-electron chi connectivity index (χ4n) is 2.79. The molecule has 158 valence electrons. The molecule has 4 aromatic rings. The van der Waals surface area contributed by atoms with Crippen molar-refractivity contribution in [2.75, 3.05) is 11.1 Å². The van der Waals surface area contributed by atoms with Crippen molar-refractivity contribution in [3.05, 3.63) is 90.4 Å². The van der Waals surface area contributed by atoms with Crippen LogP contribution in [0.5, 0.6) is 5.75 Å². The second-order valence-electron chi connectivity index (χ2n) is 6.48. The van der Waals surface area contributed by atoms with Gasteiger partial charge in [-0.05, 0) is 36.4 Å². The smallest absolute Gasteiger partial charge is 0.234 e. The molecule has 9 heteroatoms. The van der Waals surface area contributed by atoms with Crippen molar-refractivity contribution in [3.8, 4) is 5.75 Å². The number of benzene rings is 2. The number of nitrogens with one attached hydrogen (secondary N) is 1. The third-order valence-electron chi connectivity index (χ3n) is 4.28. The van der Waals surface area contributed by atoms with Crippen molar-refractivity contribution < 1.29 is 18.3 Å². The van der Waals surface area contributed by atoms with Crippen LogP contribution in [0.4, 0.5) is 10.1 Å². The fraction of sp³-hybridized carbons (Fsp3) is 0.136. The van der Waals surface area contributed by atoms with E-state index < -0.39 is 5.82 Å². The van der Waals surface area contributed by atoms with E-state index in [-0.39, 0.29) is 24.0 Å². The SMILES string of the molecule is O=C(CSc1nnc(COc2ccccc2)n1Cc1ccco1)Nc1ccccc1F. The van der Waals surface area contributed by atoms with E-state index in [1.54, 1.807) is 24.5 Å². The maximum absolute atomic E-state index is 13.7. The van der Waals surface area contributed by atoms with E-state index in [1.165, 1.54) is 23.9 Å². The first-order valence-electron chi connectivity index (χ1n) is 9.48. The van der Waals surface area contributed by atoms with Crippen molar-refractivity contribution in [1.82, 2.24) is 14.8 Å². The Morgan fingerprint density at radius 3 is 2.65 bits per heavy atom. The van der Waals surface area contributed by atoms with E-state index in [4.69, 9.17) is 9.15 Å². The van der Waals surface area contributed by atoms with Gasteiger partial charge in [-0.15, -0.1) is 10.2 Å². The maximum Gasteiger partial charge on any atom is 0.234 e. The summed E-state index contributed by atoms with van der Waals surface area (Å²) < 4.78 is 26.8. The predicted molar refractivity (Wildman–Crippen MR) is 114 cm³/mol. The molecule has 2 aromatic carbocycles. The quantitative estimate of drug-likeness (QED) is 0.391. The third-order valence-corrected chi connectivity index (χ3v) is 5.25. The molecule has 0 spiro atoms. The second kappa shape index (κ2) is 9.94. The van der Waals surface area contributed by atoms with Crippen molar-refractivity contribution in [2.24, 2.45) is 0 Å². The lowest BCUT2D eigenvalue weighted by Gasteiger charge is -2.10. The number of amides is 1. The summed E-state index contributed by atoms with van der Waals surface area (Å²) in [5, 5.41) is 11.5. The molecule has 0 saturated carbocycles. The normalized spacial score (nSPS) is 10.7. The molecule has 0 saturated heterocycles. The number of carbonyl (C=O) groups excluding carboxylic acids is 1. The first kappa shape index (κ1) is 20.7. The Hall–Kier alpha value is -3.59. The molecule has 7 nitrogen and oxygen atoms in total. The average molecular weight is 438 g/mol. The molecule has 2 heterocycles. The molecule has 4 rings (SSSR count). The molecular formula is C22H19FN4O3S. The van der Waals surface area contributed by atoms with Crippen LogP contribution >= 0.6 is 11.8 Å². The lowest BCUT2D eigenvalue weighted by molar-refractivity contribution is -0.113. The number of furan rings is 1. The van der Waals surface area contributed by atoms with E-state index in [0.29, 0.717) is 23.3 Å². The summed E-state index contributed by atoms with van der Waals surface area (Å²) in [6, 6.07) is 19.1. The number of para-hydroxylation sites is 2. The minimum absolute atomic E-state index is 0.0458. The highest BCUT2D eigenvalue weighted by Crippen LogP contribution is 2.21. The summed E-state index contributed by atoms with van der Waals surface area (Å²) in [6.07, 6.45) is 1.59. The lowest BCUT2D eigenvalue weighted by atomic mass is 10.3. The predicted octanol–water partition coefficient (Wildman–Crippen LogP) is 4.37. The fourth-order valence-corrected chi connectivity index (χ4v) is 3.55. The Morgan fingerprint density at radius 2 is 1.87 bits per heavy atom. The third kappa shape index (κ3) is 5.52. The highest BCUT2D eigenvalue weighted by atomic mass is 32.2. The van der Waals surface area contributed by atoms with E-state index in [0.717, 1.165) is 5.76 Å². The van der Waals surface area contributed by atoms with Crippen LogP contribution in [-0.4, -0.2) is 26.4 Å². The summed E-state index contributed by atoms with van der Waals surface area (Å²) in [7, 11) is 0. The van der Waals surface area contributed by atoms with Crippen LogP contribution in [0.3, 0.4) is 0 Å². The molecule has 0 aliphatic carbocycles. The Bertz CT molecular complexity index is 1130. The van der Waals surface area contributed by atoms with Crippen molar-refractivity contribution in [1.29, 1.82) is 0 Å². The highest BCUT2D eigenvalue weighted by molar-refractivity contribution is 7.99. The van der Waals surface area contributed by atoms with Gasteiger partial charge < -0.3 is 14.5 Å². The minimum Gasteiger partial charge on any atom is -0.486 e. The van der Waals surface area contributed by atoms with E-state index in [2.05, 4.69) is 15.5 Å². The highest BCUT2D eigenvalue weighted by Gasteiger charge is 2.17. The van der Waals surface area contributed by atoms with Gasteiger partial charge in [0.25, 0.3) is 0 Å². The number of nitrogens with zero attached hydrogens (tertiary/aromatic N) is 3. The first-order chi connectivity index (χ1) is 15.2. The van der Waals surface area contributed by atoms with Gasteiger partial charge in [0.15, 0.2) is 11.0 Å². The molecule has 0 atom stereocenters. The number of anilines is 1. The number of hydrogen-bond donors (Lipinski definition) is 1. The number of ether oxygens (including phenoxy) is 1. The number of thioether (sulfide) groups is 1. The summed E-state index contributed by atoms with van der Waals surface area (Å²) >= 11 is 1.20. The monoisotopic (exact) mass is 438 g/mol. The number of carbonyl (C=O) groups is 1. The average Bonchev–Trinajstić information content (AvgIpc) is 3.44. The largest absolute Gasteiger partial charge is 0.486 e. The summed E-state index contributed by atoms with van der Waals surface area (Å²) in [5.41, 5.74) is 0.141. The first-order valence-corrected chi connectivity index (χ1v) is 10.5. The lowest BCUT2D eigenvalue weighted by Crippen LogP contribution is -2.16. The van der Waals surface area contributed by atoms with Gasteiger partial charge in [0.1, 0.15) is 23.9 Å². The number of rotatable bonds is 9. The molecule has 0 aliphatic heterocycles. The Labute approximate surface area is 182 Å². The van der Waals surface area contributed by atoms with Gasteiger partial charge in [-0.2, -0.15) is 0 Å².